The molecular weight excluding hydrogens is 339 g/mol. The van der Waals surface area contributed by atoms with Crippen LogP contribution in [0.25, 0.3) is 0 Å². The number of nitriles is 2. The Labute approximate surface area is 140 Å². The fraction of sp³-hybridized carbons (Fsp3) is 0.400. The molecule has 0 bridgehead atoms. The molecule has 1 aliphatic carbocycles. The van der Waals surface area contributed by atoms with Crippen molar-refractivity contribution in [1.29, 1.82) is 10.5 Å². The number of amidine groups is 1. The maximum Gasteiger partial charge on any atom is 0.277 e. The minimum atomic E-state index is -1.36. The van der Waals surface area contributed by atoms with Gasteiger partial charge in [0.25, 0.3) is 10.9 Å². The number of nitrogens with zero attached hydrogens (tertiary/aromatic N) is 2. The molecule has 2 fully saturated rings. The first-order valence-electron chi connectivity index (χ1n) is 6.96. The average Bonchev–Trinajstić information content (AvgIpc) is 2.77. The summed E-state index contributed by atoms with van der Waals surface area (Å²) in [6, 6.07) is 8.66. The molecule has 4 atom stereocenters. The Morgan fingerprint density at radius 3 is 2.78 bits per heavy atom. The van der Waals surface area contributed by atoms with Crippen molar-refractivity contribution in [3.8, 4) is 12.1 Å². The molecule has 3 aliphatic rings. The van der Waals surface area contributed by atoms with Crippen LogP contribution in [0.5, 0.6) is 0 Å². The highest BCUT2D eigenvalue weighted by Crippen LogP contribution is 2.81. The predicted molar refractivity (Wildman–Crippen MR) is 81.5 cm³/mol. The molecule has 1 aromatic rings. The van der Waals surface area contributed by atoms with Crippen LogP contribution < -0.4 is 10.7 Å². The molecule has 0 radical (unpaired) electrons. The van der Waals surface area contributed by atoms with Gasteiger partial charge in [0.15, 0.2) is 10.8 Å². The van der Waals surface area contributed by atoms with Gasteiger partial charge in [-0.2, -0.15) is 10.5 Å². The van der Waals surface area contributed by atoms with Gasteiger partial charge in [0, 0.05) is 22.3 Å². The second-order valence-corrected chi connectivity index (χ2v) is 7.44. The van der Waals surface area contributed by atoms with Crippen LogP contribution in [0.2, 0.25) is 5.02 Å². The number of benzene rings is 1. The molecule has 1 spiro atoms. The molecule has 0 unspecified atom stereocenters. The Hall–Kier alpha value is -1.80. The monoisotopic (exact) mass is 349 g/mol. The zero-order chi connectivity index (χ0) is 16.5. The van der Waals surface area contributed by atoms with Gasteiger partial charge in [-0.3, -0.25) is 5.73 Å². The van der Waals surface area contributed by atoms with Crippen LogP contribution in [0.15, 0.2) is 18.2 Å². The van der Waals surface area contributed by atoms with Gasteiger partial charge in [0.05, 0.1) is 18.7 Å². The number of thioether (sulfide) groups is 1. The molecule has 1 aromatic carbocycles. The zero-order valence-corrected chi connectivity index (χ0v) is 13.3. The summed E-state index contributed by atoms with van der Waals surface area (Å²) in [4.78, 5) is 2.98. The third-order valence-corrected chi connectivity index (χ3v) is 6.63. The lowest BCUT2D eigenvalue weighted by atomic mass is 9.95. The number of hydrogen-bond acceptors (Lipinski definition) is 5. The fourth-order valence-electron chi connectivity index (χ4n) is 4.04. The molecule has 23 heavy (non-hydrogen) atoms. The highest BCUT2D eigenvalue weighted by Gasteiger charge is 2.97. The summed E-state index contributed by atoms with van der Waals surface area (Å²) in [6.45, 7) is 0.424. The minimum absolute atomic E-state index is 0.139. The van der Waals surface area contributed by atoms with Crippen molar-refractivity contribution in [2.75, 3.05) is 12.4 Å². The Morgan fingerprint density at radius 2 is 2.22 bits per heavy atom. The van der Waals surface area contributed by atoms with Crippen molar-refractivity contribution in [1.82, 2.24) is 0 Å². The molecule has 4 rings (SSSR count). The van der Waals surface area contributed by atoms with Gasteiger partial charge in [-0.15, -0.1) is 0 Å². The molecule has 1 saturated heterocycles. The van der Waals surface area contributed by atoms with E-state index in [1.165, 1.54) is 23.9 Å². The molecule has 8 heteroatoms. The predicted octanol–water partition coefficient (Wildman–Crippen LogP) is 0.465. The van der Waals surface area contributed by atoms with E-state index in [0.717, 1.165) is 0 Å². The molecule has 2 heterocycles. The summed E-state index contributed by atoms with van der Waals surface area (Å²) in [5.41, 5.74) is 3.56. The summed E-state index contributed by atoms with van der Waals surface area (Å²) in [6.07, 6.45) is 0. The van der Waals surface area contributed by atoms with Crippen molar-refractivity contribution in [2.24, 2.45) is 16.6 Å². The van der Waals surface area contributed by atoms with Crippen molar-refractivity contribution >= 4 is 29.2 Å². The first kappa shape index (κ1) is 14.8. The maximum absolute atomic E-state index is 14.4. The molecule has 0 amide bonds. The van der Waals surface area contributed by atoms with Crippen LogP contribution in [0.1, 0.15) is 11.5 Å². The van der Waals surface area contributed by atoms with E-state index in [4.69, 9.17) is 22.1 Å². The number of hydrogen-bond donors (Lipinski definition) is 2. The van der Waals surface area contributed by atoms with Crippen LogP contribution >= 0.6 is 23.4 Å². The Bertz CT molecular complexity index is 821. The topological polar surface area (TPSA) is 96.8 Å². The third kappa shape index (κ3) is 1.36. The molecule has 1 saturated carbocycles. The number of nitrogens with one attached hydrogen (secondary N) is 1. The smallest absolute Gasteiger partial charge is 0.277 e. The van der Waals surface area contributed by atoms with Crippen LogP contribution in [0.3, 0.4) is 0 Å². The van der Waals surface area contributed by atoms with Gasteiger partial charge in [0.1, 0.15) is 5.82 Å². The summed E-state index contributed by atoms with van der Waals surface area (Å²) < 4.78 is 20.2. The average molecular weight is 350 g/mol. The van der Waals surface area contributed by atoms with Crippen molar-refractivity contribution in [3.05, 3.63) is 34.6 Å². The lowest BCUT2D eigenvalue weighted by molar-refractivity contribution is -0.583. The van der Waals surface area contributed by atoms with Gasteiger partial charge in [0.2, 0.25) is 0 Å². The molecular formula is C15H11ClFN4OS+. The Balaban J connectivity index is 2.00. The number of fused-ring (bicyclic) bond motifs is 2. The molecule has 5 nitrogen and oxygen atoms in total. The number of ether oxygens (including phenoxy) is 1. The first-order valence-corrected chi connectivity index (χ1v) is 8.32. The van der Waals surface area contributed by atoms with E-state index in [-0.39, 0.29) is 16.4 Å². The first-order chi connectivity index (χ1) is 11.0. The van der Waals surface area contributed by atoms with Crippen LogP contribution in [0, 0.1) is 39.3 Å². The molecule has 116 valence electrons. The summed E-state index contributed by atoms with van der Waals surface area (Å²) in [5, 5.41) is 18.8. The Kier molecular flexibility index (Phi) is 2.82. The van der Waals surface area contributed by atoms with Crippen LogP contribution in [-0.4, -0.2) is 23.3 Å². The summed E-state index contributed by atoms with van der Waals surface area (Å²) in [5.74, 6) is -0.527. The standard InChI is InChI=1S/C15H10ClFN4OS/c16-8-2-1-3-9(17)10(8)11-13(6-18)12(20)21-15(14(11,13)7-19)22-4-5-23-15/h1-3,11H,4-5H2,(H2,20,21)/p+1/t11-,13+,14+,15+/m0/s1. The second-order valence-electron chi connectivity index (χ2n) is 5.76. The number of halogens is 2. The van der Waals surface area contributed by atoms with Gasteiger partial charge >= 0.3 is 0 Å². The number of nitrogens with two attached hydrogens (primary N) is 1. The van der Waals surface area contributed by atoms with Gasteiger partial charge < -0.3 is 4.74 Å². The third-order valence-electron chi connectivity index (χ3n) is 4.98. The lowest BCUT2D eigenvalue weighted by Crippen LogP contribution is -2.88. The minimum Gasteiger partial charge on any atom is -0.327 e. The SMILES string of the molecule is N#C[C@@]12[C@@H](c3c(F)cccc3Cl)[C@]1(C#N)C(N)=[NH+][C@@]21OCCS1. The van der Waals surface area contributed by atoms with Gasteiger partial charge in [-0.25, -0.2) is 9.38 Å². The van der Waals surface area contributed by atoms with Crippen molar-refractivity contribution in [2.45, 2.75) is 11.0 Å². The lowest BCUT2D eigenvalue weighted by Gasteiger charge is -2.24. The van der Waals surface area contributed by atoms with E-state index in [2.05, 4.69) is 17.1 Å². The summed E-state index contributed by atoms with van der Waals surface area (Å²) >= 11 is 7.56. The maximum atomic E-state index is 14.4. The number of rotatable bonds is 1. The summed E-state index contributed by atoms with van der Waals surface area (Å²) in [7, 11) is 0. The highest BCUT2D eigenvalue weighted by atomic mass is 35.5. The highest BCUT2D eigenvalue weighted by molar-refractivity contribution is 8.00. The largest absolute Gasteiger partial charge is 0.327 e. The molecule has 0 aromatic heterocycles. The quantitative estimate of drug-likeness (QED) is 0.768. The van der Waals surface area contributed by atoms with E-state index < -0.39 is 27.6 Å². The molecule has 3 N–H and O–H groups in total. The van der Waals surface area contributed by atoms with Gasteiger partial charge in [-0.05, 0) is 12.1 Å². The zero-order valence-electron chi connectivity index (χ0n) is 11.8. The van der Waals surface area contributed by atoms with Gasteiger partial charge in [-0.1, -0.05) is 29.4 Å². The van der Waals surface area contributed by atoms with E-state index in [1.807, 2.05) is 0 Å². The van der Waals surface area contributed by atoms with E-state index in [1.54, 1.807) is 6.07 Å². The fourth-order valence-corrected chi connectivity index (χ4v) is 5.66. The molecule has 2 aliphatic heterocycles. The van der Waals surface area contributed by atoms with Crippen LogP contribution in [0.4, 0.5) is 4.39 Å². The van der Waals surface area contributed by atoms with E-state index >= 15 is 0 Å². The van der Waals surface area contributed by atoms with E-state index in [9.17, 15) is 14.9 Å². The Morgan fingerprint density at radius 1 is 1.43 bits per heavy atom. The normalized spacial score (nSPS) is 40.3. The second kappa shape index (κ2) is 4.39. The van der Waals surface area contributed by atoms with Crippen molar-refractivity contribution < 1.29 is 14.1 Å². The van der Waals surface area contributed by atoms with E-state index in [0.29, 0.717) is 12.4 Å². The van der Waals surface area contributed by atoms with Crippen molar-refractivity contribution in [3.63, 3.8) is 0 Å². The van der Waals surface area contributed by atoms with Crippen LogP contribution in [-0.2, 0) is 4.74 Å².